The fourth-order valence-corrected chi connectivity index (χ4v) is 2.75. The highest BCUT2D eigenvalue weighted by Gasteiger charge is 2.26. The van der Waals surface area contributed by atoms with Gasteiger partial charge < -0.3 is 14.6 Å². The lowest BCUT2D eigenvalue weighted by Crippen LogP contribution is -2.24. The Balaban J connectivity index is 1.87. The first-order valence-electron chi connectivity index (χ1n) is 6.77. The molecule has 0 aliphatic heterocycles. The molecule has 2 aromatic carbocycles. The molecule has 4 nitrogen and oxygen atoms in total. The minimum absolute atomic E-state index is 0.0211. The number of rotatable bonds is 4. The second-order valence-electron chi connectivity index (χ2n) is 4.81. The molecule has 0 heterocycles. The number of benzene rings is 2. The van der Waals surface area contributed by atoms with Crippen molar-refractivity contribution < 1.29 is 14.6 Å². The van der Waals surface area contributed by atoms with E-state index in [1.807, 2.05) is 24.3 Å². The maximum Gasteiger partial charge on any atom is 0.145 e. The molecule has 106 valence electrons. The van der Waals surface area contributed by atoms with Gasteiger partial charge in [-0.3, -0.25) is 4.99 Å². The van der Waals surface area contributed by atoms with E-state index in [0.717, 1.165) is 11.1 Å². The number of hydrogen-bond acceptors (Lipinski definition) is 4. The smallest absolute Gasteiger partial charge is 0.145 e. The van der Waals surface area contributed by atoms with Crippen LogP contribution < -0.4 is 5.11 Å². The molecule has 0 spiro atoms. The van der Waals surface area contributed by atoms with Crippen molar-refractivity contribution in [3.63, 3.8) is 0 Å². The van der Waals surface area contributed by atoms with Crippen molar-refractivity contribution in [2.24, 2.45) is 4.99 Å². The van der Waals surface area contributed by atoms with Gasteiger partial charge in [0.1, 0.15) is 12.4 Å². The molecule has 0 unspecified atom stereocenters. The largest absolute Gasteiger partial charge is 0.599 e. The number of ether oxygens (including phenoxy) is 1. The van der Waals surface area contributed by atoms with Crippen LogP contribution in [0.1, 0.15) is 17.0 Å². The SMILES string of the molecule is O=CCN=C([O-])OCC1c2ccccc2-c2ccccc21. The third-order valence-corrected chi connectivity index (χ3v) is 3.63. The third kappa shape index (κ3) is 2.52. The van der Waals surface area contributed by atoms with Crippen molar-refractivity contribution in [1.29, 1.82) is 0 Å². The summed E-state index contributed by atoms with van der Waals surface area (Å²) in [5.41, 5.74) is 4.67. The van der Waals surface area contributed by atoms with Gasteiger partial charge in [-0.2, -0.15) is 0 Å². The summed E-state index contributed by atoms with van der Waals surface area (Å²) in [7, 11) is 0. The van der Waals surface area contributed by atoms with Crippen LogP contribution in [0.15, 0.2) is 53.5 Å². The quantitative estimate of drug-likeness (QED) is 0.487. The highest BCUT2D eigenvalue weighted by Crippen LogP contribution is 2.44. The van der Waals surface area contributed by atoms with Gasteiger partial charge in [0.2, 0.25) is 0 Å². The Morgan fingerprint density at radius 1 is 1.10 bits per heavy atom. The molecule has 0 bridgehead atoms. The van der Waals surface area contributed by atoms with Crippen molar-refractivity contribution in [1.82, 2.24) is 0 Å². The molecular weight excluding hydrogens is 266 g/mol. The molecular formula is C17H14NO3-. The van der Waals surface area contributed by atoms with E-state index in [9.17, 15) is 9.90 Å². The maximum atomic E-state index is 11.4. The molecule has 0 N–H and O–H groups in total. The maximum absolute atomic E-state index is 11.4. The van der Waals surface area contributed by atoms with E-state index in [4.69, 9.17) is 4.74 Å². The number of carbonyl (C=O) groups excluding carboxylic acids is 1. The summed E-state index contributed by atoms with van der Waals surface area (Å²) in [4.78, 5) is 13.7. The summed E-state index contributed by atoms with van der Waals surface area (Å²) in [6.45, 7) is 0.0753. The lowest BCUT2D eigenvalue weighted by atomic mass is 9.98. The van der Waals surface area contributed by atoms with E-state index in [1.54, 1.807) is 0 Å². The molecule has 2 aromatic rings. The Kier molecular flexibility index (Phi) is 3.69. The number of carbonyl (C=O) groups is 1. The molecule has 1 aliphatic rings. The first-order valence-corrected chi connectivity index (χ1v) is 6.77. The fourth-order valence-electron chi connectivity index (χ4n) is 2.75. The molecule has 3 rings (SSSR count). The Labute approximate surface area is 122 Å². The zero-order valence-electron chi connectivity index (χ0n) is 11.4. The molecule has 0 saturated heterocycles. The normalized spacial score (nSPS) is 13.6. The summed E-state index contributed by atoms with van der Waals surface area (Å²) >= 11 is 0. The molecule has 0 fully saturated rings. The van der Waals surface area contributed by atoms with Crippen LogP contribution in [-0.4, -0.2) is 25.5 Å². The number of hydrogen-bond donors (Lipinski definition) is 0. The van der Waals surface area contributed by atoms with Crippen molar-refractivity contribution in [2.45, 2.75) is 5.92 Å². The predicted octanol–water partition coefficient (Wildman–Crippen LogP) is 1.73. The second-order valence-corrected chi connectivity index (χ2v) is 4.81. The van der Waals surface area contributed by atoms with Gasteiger partial charge in [-0.05, 0) is 22.3 Å². The van der Waals surface area contributed by atoms with Crippen molar-refractivity contribution in [2.75, 3.05) is 13.2 Å². The molecule has 0 amide bonds. The first kappa shape index (κ1) is 13.4. The van der Waals surface area contributed by atoms with E-state index < -0.39 is 6.08 Å². The lowest BCUT2D eigenvalue weighted by Gasteiger charge is -2.20. The molecule has 21 heavy (non-hydrogen) atoms. The van der Waals surface area contributed by atoms with Crippen LogP contribution in [-0.2, 0) is 9.53 Å². The molecule has 1 aliphatic carbocycles. The van der Waals surface area contributed by atoms with Crippen LogP contribution in [0.4, 0.5) is 0 Å². The van der Waals surface area contributed by atoms with Crippen molar-refractivity contribution >= 4 is 12.4 Å². The molecule has 0 atom stereocenters. The molecule has 0 radical (unpaired) electrons. The minimum atomic E-state index is -0.691. The Bertz CT molecular complexity index is 648. The molecule has 0 aromatic heterocycles. The predicted molar refractivity (Wildman–Crippen MR) is 78.0 cm³/mol. The van der Waals surface area contributed by atoms with Gasteiger partial charge >= 0.3 is 0 Å². The van der Waals surface area contributed by atoms with E-state index in [0.29, 0.717) is 6.29 Å². The van der Waals surface area contributed by atoms with Gasteiger partial charge in [0.05, 0.1) is 6.54 Å². The van der Waals surface area contributed by atoms with Gasteiger partial charge in [-0.25, -0.2) is 0 Å². The summed E-state index contributed by atoms with van der Waals surface area (Å²) in [6.07, 6.45) is -0.120. The van der Waals surface area contributed by atoms with Gasteiger partial charge in [-0.1, -0.05) is 48.5 Å². The number of aldehydes is 1. The summed E-state index contributed by atoms with van der Waals surface area (Å²) < 4.78 is 5.18. The molecule has 4 heteroatoms. The topological polar surface area (TPSA) is 61.7 Å². The fraction of sp³-hybridized carbons (Fsp3) is 0.176. The highest BCUT2D eigenvalue weighted by molar-refractivity contribution is 5.79. The Morgan fingerprint density at radius 2 is 1.67 bits per heavy atom. The zero-order chi connectivity index (χ0) is 14.7. The number of fused-ring (bicyclic) bond motifs is 3. The minimum Gasteiger partial charge on any atom is -0.599 e. The van der Waals surface area contributed by atoms with Gasteiger partial charge in [0.15, 0.2) is 0 Å². The monoisotopic (exact) mass is 280 g/mol. The van der Waals surface area contributed by atoms with E-state index in [-0.39, 0.29) is 19.1 Å². The molecule has 0 saturated carbocycles. The Hall–Kier alpha value is -2.62. The van der Waals surface area contributed by atoms with Crippen LogP contribution in [0, 0.1) is 0 Å². The van der Waals surface area contributed by atoms with Gasteiger partial charge in [-0.15, -0.1) is 0 Å². The van der Waals surface area contributed by atoms with Crippen LogP contribution in [0.5, 0.6) is 0 Å². The third-order valence-electron chi connectivity index (χ3n) is 3.63. The van der Waals surface area contributed by atoms with E-state index in [1.165, 1.54) is 11.1 Å². The summed E-state index contributed by atoms with van der Waals surface area (Å²) in [6, 6.07) is 16.2. The van der Waals surface area contributed by atoms with Crippen LogP contribution >= 0.6 is 0 Å². The highest BCUT2D eigenvalue weighted by atomic mass is 16.6. The van der Waals surface area contributed by atoms with E-state index >= 15 is 0 Å². The second kappa shape index (κ2) is 5.79. The standard InChI is InChI=1S/C17H15NO3/c19-10-9-18-17(20)21-11-16-14-7-3-1-5-12(14)13-6-2-4-8-15(13)16/h1-8,10,16H,9,11H2,(H,18,20)/p-1. The van der Waals surface area contributed by atoms with Crippen molar-refractivity contribution in [3.05, 3.63) is 59.7 Å². The Morgan fingerprint density at radius 3 is 2.24 bits per heavy atom. The average Bonchev–Trinajstić information content (AvgIpc) is 2.85. The number of aliphatic imine (C=N–C) groups is 1. The van der Waals surface area contributed by atoms with Gasteiger partial charge in [0, 0.05) is 12.5 Å². The van der Waals surface area contributed by atoms with Crippen molar-refractivity contribution in [3.8, 4) is 11.1 Å². The van der Waals surface area contributed by atoms with Crippen LogP contribution in [0.25, 0.3) is 11.1 Å². The summed E-state index contributed by atoms with van der Waals surface area (Å²) in [5, 5.41) is 11.4. The first-order chi connectivity index (χ1) is 10.3. The lowest BCUT2D eigenvalue weighted by molar-refractivity contribution is -0.251. The zero-order valence-corrected chi connectivity index (χ0v) is 11.4. The average molecular weight is 280 g/mol. The van der Waals surface area contributed by atoms with Crippen LogP contribution in [0.3, 0.4) is 0 Å². The van der Waals surface area contributed by atoms with E-state index in [2.05, 4.69) is 29.3 Å². The van der Waals surface area contributed by atoms with Gasteiger partial charge in [0.25, 0.3) is 0 Å². The number of nitrogens with zero attached hydrogens (tertiary/aromatic N) is 1. The van der Waals surface area contributed by atoms with Crippen LogP contribution in [0.2, 0.25) is 0 Å². The summed E-state index contributed by atoms with van der Waals surface area (Å²) in [5.74, 6) is 0.0211.